The van der Waals surface area contributed by atoms with E-state index in [9.17, 15) is 13.2 Å². The number of halogens is 3. The monoisotopic (exact) mass is 190 g/mol. The molecule has 1 aliphatic carbocycles. The molecule has 0 heterocycles. The molecule has 0 aromatic rings. The topological polar surface area (TPSA) is 0 Å². The minimum atomic E-state index is -4.19. The van der Waals surface area contributed by atoms with E-state index < -0.39 is 17.2 Å². The number of hydrogen-bond acceptors (Lipinski definition) is 0. The number of hydrogen-bond donors (Lipinski definition) is 0. The van der Waals surface area contributed by atoms with Gasteiger partial charge in [0.2, 0.25) is 0 Å². The molecule has 1 rings (SSSR count). The highest BCUT2D eigenvalue weighted by molar-refractivity contribution is 5.28. The fourth-order valence-corrected chi connectivity index (χ4v) is 1.58. The first-order valence-electron chi connectivity index (χ1n) is 4.34. The van der Waals surface area contributed by atoms with Crippen LogP contribution >= 0.6 is 0 Å². The van der Waals surface area contributed by atoms with Gasteiger partial charge in [0, 0.05) is 11.0 Å². The third-order valence-electron chi connectivity index (χ3n) is 2.70. The van der Waals surface area contributed by atoms with E-state index >= 15 is 0 Å². The van der Waals surface area contributed by atoms with Crippen LogP contribution in [-0.2, 0) is 0 Å². The first-order chi connectivity index (χ1) is 5.90. The van der Waals surface area contributed by atoms with Gasteiger partial charge in [0.25, 0.3) is 0 Å². The van der Waals surface area contributed by atoms with Crippen molar-refractivity contribution in [3.8, 4) is 0 Å². The fraction of sp³-hybridized carbons (Fsp3) is 0.600. The van der Waals surface area contributed by atoms with Crippen LogP contribution in [0.25, 0.3) is 0 Å². The molecular formula is C10H13F3. The van der Waals surface area contributed by atoms with Crippen LogP contribution in [0.2, 0.25) is 0 Å². The average molecular weight is 190 g/mol. The summed E-state index contributed by atoms with van der Waals surface area (Å²) in [5.41, 5.74) is -1.13. The van der Waals surface area contributed by atoms with Crippen LogP contribution < -0.4 is 0 Å². The first-order valence-corrected chi connectivity index (χ1v) is 4.34. The van der Waals surface area contributed by atoms with Gasteiger partial charge in [-0.25, -0.2) is 0 Å². The average Bonchev–Trinajstić information content (AvgIpc) is 2.03. The Balaban J connectivity index is 3.03. The maximum atomic E-state index is 12.5. The predicted molar refractivity (Wildman–Crippen MR) is 46.3 cm³/mol. The summed E-state index contributed by atoms with van der Waals surface area (Å²) in [6.07, 6.45) is 1.28. The van der Waals surface area contributed by atoms with Crippen LogP contribution in [0, 0.1) is 5.41 Å². The van der Waals surface area contributed by atoms with Crippen LogP contribution in [0.5, 0.6) is 0 Å². The van der Waals surface area contributed by atoms with Gasteiger partial charge in [-0.1, -0.05) is 32.1 Å². The van der Waals surface area contributed by atoms with Gasteiger partial charge < -0.3 is 0 Å². The highest BCUT2D eigenvalue weighted by Gasteiger charge is 2.44. The van der Waals surface area contributed by atoms with Crippen LogP contribution in [-0.4, -0.2) is 6.18 Å². The molecule has 0 saturated carbocycles. The molecule has 1 unspecified atom stereocenters. The lowest BCUT2D eigenvalue weighted by atomic mass is 9.74. The van der Waals surface area contributed by atoms with Crippen LogP contribution in [0.4, 0.5) is 13.2 Å². The molecule has 0 aromatic carbocycles. The second kappa shape index (κ2) is 3.20. The zero-order chi connectivity index (χ0) is 10.1. The SMILES string of the molecule is CCC1(C)CC=CC=C1C(F)(F)F. The van der Waals surface area contributed by atoms with E-state index in [0.29, 0.717) is 12.8 Å². The zero-order valence-electron chi connectivity index (χ0n) is 7.78. The van der Waals surface area contributed by atoms with Crippen molar-refractivity contribution >= 4 is 0 Å². The fourth-order valence-electron chi connectivity index (χ4n) is 1.58. The summed E-state index contributed by atoms with van der Waals surface area (Å²) in [4.78, 5) is 0. The molecule has 0 saturated heterocycles. The summed E-state index contributed by atoms with van der Waals surface area (Å²) in [6, 6.07) is 0. The van der Waals surface area contributed by atoms with Gasteiger partial charge in [-0.3, -0.25) is 0 Å². The first kappa shape index (κ1) is 10.4. The van der Waals surface area contributed by atoms with Crippen molar-refractivity contribution in [1.29, 1.82) is 0 Å². The van der Waals surface area contributed by atoms with Gasteiger partial charge in [-0.15, -0.1) is 0 Å². The smallest absolute Gasteiger partial charge is 0.166 e. The molecule has 0 radical (unpaired) electrons. The Morgan fingerprint density at radius 3 is 2.46 bits per heavy atom. The van der Waals surface area contributed by atoms with E-state index in [1.54, 1.807) is 19.9 Å². The van der Waals surface area contributed by atoms with E-state index in [1.165, 1.54) is 12.2 Å². The van der Waals surface area contributed by atoms with Crippen molar-refractivity contribution in [3.05, 3.63) is 23.8 Å². The Labute approximate surface area is 76.1 Å². The number of rotatable bonds is 1. The number of allylic oxidation sites excluding steroid dienone is 4. The summed E-state index contributed by atoms with van der Waals surface area (Å²) in [5.74, 6) is 0. The Kier molecular flexibility index (Phi) is 2.55. The van der Waals surface area contributed by atoms with E-state index in [1.807, 2.05) is 0 Å². The van der Waals surface area contributed by atoms with Gasteiger partial charge in [0.15, 0.2) is 0 Å². The summed E-state index contributed by atoms with van der Waals surface area (Å²) in [5, 5.41) is 0. The van der Waals surface area contributed by atoms with Gasteiger partial charge in [0.1, 0.15) is 0 Å². The molecule has 0 bridgehead atoms. The molecule has 1 atom stereocenters. The minimum Gasteiger partial charge on any atom is -0.166 e. The summed E-state index contributed by atoms with van der Waals surface area (Å²) < 4.78 is 37.6. The second-order valence-electron chi connectivity index (χ2n) is 3.62. The molecule has 0 aromatic heterocycles. The highest BCUT2D eigenvalue weighted by atomic mass is 19.4. The van der Waals surface area contributed by atoms with Crippen LogP contribution in [0.15, 0.2) is 23.8 Å². The summed E-state index contributed by atoms with van der Waals surface area (Å²) in [7, 11) is 0. The summed E-state index contributed by atoms with van der Waals surface area (Å²) >= 11 is 0. The maximum absolute atomic E-state index is 12.5. The molecule has 0 fully saturated rings. The second-order valence-corrected chi connectivity index (χ2v) is 3.62. The van der Waals surface area contributed by atoms with Crippen molar-refractivity contribution in [2.24, 2.45) is 5.41 Å². The van der Waals surface area contributed by atoms with E-state index in [2.05, 4.69) is 0 Å². The third-order valence-corrected chi connectivity index (χ3v) is 2.70. The van der Waals surface area contributed by atoms with Crippen molar-refractivity contribution in [2.45, 2.75) is 32.9 Å². The quantitative estimate of drug-likeness (QED) is 0.589. The third kappa shape index (κ3) is 1.95. The Morgan fingerprint density at radius 2 is 2.08 bits per heavy atom. The highest BCUT2D eigenvalue weighted by Crippen LogP contribution is 2.45. The minimum absolute atomic E-state index is 0.398. The van der Waals surface area contributed by atoms with Crippen molar-refractivity contribution in [2.75, 3.05) is 0 Å². The Morgan fingerprint density at radius 1 is 1.46 bits per heavy atom. The van der Waals surface area contributed by atoms with Gasteiger partial charge in [-0.2, -0.15) is 13.2 Å². The van der Waals surface area contributed by atoms with E-state index in [0.717, 1.165) is 0 Å². The van der Waals surface area contributed by atoms with Crippen molar-refractivity contribution in [1.82, 2.24) is 0 Å². The lowest BCUT2D eigenvalue weighted by molar-refractivity contribution is -0.107. The van der Waals surface area contributed by atoms with E-state index in [-0.39, 0.29) is 0 Å². The molecular weight excluding hydrogens is 177 g/mol. The molecule has 0 aliphatic heterocycles. The Bertz CT molecular complexity index is 247. The van der Waals surface area contributed by atoms with Gasteiger partial charge in [0.05, 0.1) is 0 Å². The van der Waals surface area contributed by atoms with Gasteiger partial charge >= 0.3 is 6.18 Å². The standard InChI is InChI=1S/C10H13F3/c1-3-9(2)7-5-4-6-8(9)10(11,12)13/h4-6H,3,7H2,1-2H3. The van der Waals surface area contributed by atoms with Gasteiger partial charge in [-0.05, 0) is 12.8 Å². The van der Waals surface area contributed by atoms with E-state index in [4.69, 9.17) is 0 Å². The molecule has 3 heteroatoms. The molecule has 13 heavy (non-hydrogen) atoms. The lowest BCUT2D eigenvalue weighted by Gasteiger charge is -2.33. The van der Waals surface area contributed by atoms with Crippen LogP contribution in [0.1, 0.15) is 26.7 Å². The molecule has 0 N–H and O–H groups in total. The summed E-state index contributed by atoms with van der Waals surface area (Å²) in [6.45, 7) is 3.45. The lowest BCUT2D eigenvalue weighted by Crippen LogP contribution is -2.29. The van der Waals surface area contributed by atoms with Crippen molar-refractivity contribution < 1.29 is 13.2 Å². The van der Waals surface area contributed by atoms with Crippen molar-refractivity contribution in [3.63, 3.8) is 0 Å². The largest absolute Gasteiger partial charge is 0.413 e. The molecule has 74 valence electrons. The molecule has 0 amide bonds. The Hall–Kier alpha value is -0.730. The maximum Gasteiger partial charge on any atom is 0.413 e. The molecule has 1 aliphatic rings. The number of alkyl halides is 3. The predicted octanol–water partition coefficient (Wildman–Crippen LogP) is 3.85. The molecule has 0 nitrogen and oxygen atoms in total. The van der Waals surface area contributed by atoms with Crippen LogP contribution in [0.3, 0.4) is 0 Å². The normalized spacial score (nSPS) is 28.8. The molecule has 0 spiro atoms. The zero-order valence-corrected chi connectivity index (χ0v) is 7.78.